The summed E-state index contributed by atoms with van der Waals surface area (Å²) in [6.45, 7) is 8.73. The topological polar surface area (TPSA) is 117 Å². The van der Waals surface area contributed by atoms with Crippen LogP contribution >= 0.6 is 18.7 Å². The fourth-order valence-corrected chi connectivity index (χ4v) is 7.95. The highest BCUT2D eigenvalue weighted by Crippen LogP contribution is 2.45. The lowest BCUT2D eigenvalue weighted by atomic mass is 9.94. The molecule has 0 amide bonds. The maximum Gasteiger partial charge on any atom is 0.231 e. The van der Waals surface area contributed by atoms with Crippen LogP contribution in [-0.2, 0) is 9.30 Å². The third kappa shape index (κ3) is 5.58. The van der Waals surface area contributed by atoms with E-state index in [2.05, 4.69) is 25.4 Å². The Kier molecular flexibility index (Phi) is 7.82. The summed E-state index contributed by atoms with van der Waals surface area (Å²) in [7, 11) is -0.907. The van der Waals surface area contributed by atoms with Crippen molar-refractivity contribution in [2.75, 3.05) is 75.4 Å². The Morgan fingerprint density at radius 2 is 1.89 bits per heavy atom. The maximum atomic E-state index is 13.0. The summed E-state index contributed by atoms with van der Waals surface area (Å²) in [5, 5.41) is 8.57. The molecule has 0 spiro atoms. The Balaban J connectivity index is 1.17. The van der Waals surface area contributed by atoms with Gasteiger partial charge in [0.25, 0.3) is 0 Å². The summed E-state index contributed by atoms with van der Waals surface area (Å²) >= 11 is 6.55. The number of para-hydroxylation sites is 1. The molecule has 5 heterocycles. The number of methoxy groups -OCH3 is 1. The van der Waals surface area contributed by atoms with Crippen LogP contribution < -0.4 is 30.3 Å². The number of piperidine rings is 1. The van der Waals surface area contributed by atoms with Gasteiger partial charge in [-0.2, -0.15) is 9.97 Å². The van der Waals surface area contributed by atoms with Crippen molar-refractivity contribution >= 4 is 63.9 Å². The molecule has 0 saturated carbocycles. The molecule has 0 radical (unpaired) electrons. The van der Waals surface area contributed by atoms with E-state index in [4.69, 9.17) is 35.8 Å². The maximum absolute atomic E-state index is 13.0. The number of fused-ring (bicyclic) bond motifs is 4. The van der Waals surface area contributed by atoms with Gasteiger partial charge in [0.15, 0.2) is 0 Å². The van der Waals surface area contributed by atoms with Crippen molar-refractivity contribution in [3.05, 3.63) is 47.6 Å². The van der Waals surface area contributed by atoms with Crippen LogP contribution in [0.25, 0.3) is 11.0 Å². The molecule has 7 rings (SSSR count). The predicted octanol–water partition coefficient (Wildman–Crippen LogP) is 5.42. The fraction of sp³-hybridized carbons (Fsp3) is 0.419. The lowest BCUT2D eigenvalue weighted by Crippen LogP contribution is -2.55. The fourth-order valence-electron chi connectivity index (χ4n) is 6.56. The smallest absolute Gasteiger partial charge is 0.231 e. The number of nitrogens with one attached hydrogen (secondary N) is 3. The molecule has 0 aliphatic carbocycles. The first kappa shape index (κ1) is 29.2. The van der Waals surface area contributed by atoms with Gasteiger partial charge in [-0.05, 0) is 38.3 Å². The number of aromatic nitrogens is 3. The minimum atomic E-state index is -2.56. The van der Waals surface area contributed by atoms with Crippen LogP contribution in [0.5, 0.6) is 11.5 Å². The molecule has 232 valence electrons. The zero-order chi connectivity index (χ0) is 30.4. The minimum Gasteiger partial charge on any atom is -0.494 e. The zero-order valence-corrected chi connectivity index (χ0v) is 26.8. The molecular weight excluding hydrogens is 601 g/mol. The standard InChI is InChI=1S/C31H37ClN7O4P/c1-41-25-16-24-26(43-18-20-14-19(8-9-39(20)24)38-10-12-42-13-11-38)15-23(25)35-31-36-29-28(21(32)17-33-29)30(37-31)34-22-6-4-5-7-27(22)44(2,3)40/h4-7,15-17,19-20H,8-14,18H2,1-3H3,(H3,33,34,35,36,37)/t19-,20+/m1/s1. The number of morpholine rings is 1. The molecule has 4 aromatic rings. The molecule has 2 fully saturated rings. The predicted molar refractivity (Wildman–Crippen MR) is 176 cm³/mol. The first-order valence-corrected chi connectivity index (χ1v) is 17.9. The van der Waals surface area contributed by atoms with E-state index in [-0.39, 0.29) is 0 Å². The van der Waals surface area contributed by atoms with Gasteiger partial charge >= 0.3 is 0 Å². The van der Waals surface area contributed by atoms with Crippen LogP contribution in [-0.4, -0.2) is 91.8 Å². The van der Waals surface area contributed by atoms with E-state index in [1.165, 1.54) is 0 Å². The number of benzene rings is 2. The number of hydrogen-bond donors (Lipinski definition) is 3. The van der Waals surface area contributed by atoms with E-state index >= 15 is 0 Å². The largest absolute Gasteiger partial charge is 0.494 e. The molecule has 11 nitrogen and oxygen atoms in total. The van der Waals surface area contributed by atoms with E-state index in [1.807, 2.05) is 36.4 Å². The quantitative estimate of drug-likeness (QED) is 0.227. The van der Waals surface area contributed by atoms with Crippen LogP contribution in [0.3, 0.4) is 0 Å². The van der Waals surface area contributed by atoms with Gasteiger partial charge in [0.2, 0.25) is 5.95 Å². The van der Waals surface area contributed by atoms with Gasteiger partial charge in [-0.1, -0.05) is 23.7 Å². The number of anilines is 5. The van der Waals surface area contributed by atoms with E-state index in [0.29, 0.717) is 63.6 Å². The number of rotatable bonds is 7. The Labute approximate surface area is 261 Å². The van der Waals surface area contributed by atoms with Gasteiger partial charge in [-0.25, -0.2) is 0 Å². The second-order valence-corrected chi connectivity index (χ2v) is 15.5. The average molecular weight is 638 g/mol. The molecule has 3 aliphatic rings. The summed E-state index contributed by atoms with van der Waals surface area (Å²) in [6, 6.07) is 12.4. The van der Waals surface area contributed by atoms with Crippen molar-refractivity contribution in [3.63, 3.8) is 0 Å². The normalized spacial score (nSPS) is 20.5. The lowest BCUT2D eigenvalue weighted by Gasteiger charge is -2.47. The number of ether oxygens (including phenoxy) is 3. The zero-order valence-electron chi connectivity index (χ0n) is 25.1. The van der Waals surface area contributed by atoms with Gasteiger partial charge in [-0.3, -0.25) is 4.90 Å². The lowest BCUT2D eigenvalue weighted by molar-refractivity contribution is 0.00628. The molecule has 44 heavy (non-hydrogen) atoms. The first-order chi connectivity index (χ1) is 21.3. The molecule has 3 N–H and O–H groups in total. The monoisotopic (exact) mass is 637 g/mol. The first-order valence-electron chi connectivity index (χ1n) is 14.9. The van der Waals surface area contributed by atoms with Crippen molar-refractivity contribution in [1.82, 2.24) is 19.9 Å². The Hall–Kier alpha value is -3.50. The van der Waals surface area contributed by atoms with Crippen LogP contribution in [0.15, 0.2) is 42.6 Å². The average Bonchev–Trinajstić information content (AvgIpc) is 3.41. The summed E-state index contributed by atoms with van der Waals surface area (Å²) < 4.78 is 30.8. The Morgan fingerprint density at radius 3 is 2.68 bits per heavy atom. The second-order valence-electron chi connectivity index (χ2n) is 11.9. The van der Waals surface area contributed by atoms with Crippen LogP contribution in [0, 0.1) is 0 Å². The molecule has 13 heteroatoms. The van der Waals surface area contributed by atoms with Crippen LogP contribution in [0.2, 0.25) is 5.02 Å². The summed E-state index contributed by atoms with van der Waals surface area (Å²) in [5.41, 5.74) is 2.99. The third-order valence-electron chi connectivity index (χ3n) is 8.74. The van der Waals surface area contributed by atoms with E-state index in [0.717, 1.165) is 62.4 Å². The van der Waals surface area contributed by atoms with Gasteiger partial charge in [0, 0.05) is 49.3 Å². The van der Waals surface area contributed by atoms with Crippen LogP contribution in [0.1, 0.15) is 12.8 Å². The molecule has 0 unspecified atom stereocenters. The number of nitrogens with zero attached hydrogens (tertiary/aromatic N) is 4. The number of hydrogen-bond acceptors (Lipinski definition) is 10. The SMILES string of the molecule is COc1cc2c(cc1Nc1nc(Nc3ccccc3P(C)(C)=O)c3c(Cl)c[nH]c3n1)OC[C@@H]1C[C@H](N3CCOCC3)CCN21. The Bertz CT molecular complexity index is 1740. The van der Waals surface area contributed by atoms with Crippen molar-refractivity contribution in [3.8, 4) is 11.5 Å². The van der Waals surface area contributed by atoms with Crippen molar-refractivity contribution in [2.45, 2.75) is 24.9 Å². The number of halogens is 1. The summed E-state index contributed by atoms with van der Waals surface area (Å²) in [5.74, 6) is 2.29. The second kappa shape index (κ2) is 11.8. The van der Waals surface area contributed by atoms with Crippen molar-refractivity contribution in [1.29, 1.82) is 0 Å². The summed E-state index contributed by atoms with van der Waals surface area (Å²) in [4.78, 5) is 17.7. The highest BCUT2D eigenvalue weighted by atomic mass is 35.5. The van der Waals surface area contributed by atoms with E-state index in [1.54, 1.807) is 26.6 Å². The van der Waals surface area contributed by atoms with E-state index < -0.39 is 7.14 Å². The van der Waals surface area contributed by atoms with Gasteiger partial charge in [0.1, 0.15) is 36.7 Å². The van der Waals surface area contributed by atoms with Crippen molar-refractivity contribution in [2.24, 2.45) is 0 Å². The molecule has 2 saturated heterocycles. The minimum absolute atomic E-state index is 0.314. The highest BCUT2D eigenvalue weighted by molar-refractivity contribution is 7.70. The van der Waals surface area contributed by atoms with Gasteiger partial charge in [0.05, 0.1) is 53.8 Å². The molecule has 0 bridgehead atoms. The van der Waals surface area contributed by atoms with Crippen molar-refractivity contribution < 1.29 is 18.8 Å². The number of aromatic amines is 1. The van der Waals surface area contributed by atoms with Crippen LogP contribution in [0.4, 0.5) is 28.8 Å². The molecular formula is C31H37ClN7O4P. The van der Waals surface area contributed by atoms with Gasteiger partial charge < -0.3 is 39.3 Å². The molecule has 2 atom stereocenters. The highest BCUT2D eigenvalue weighted by Gasteiger charge is 2.37. The third-order valence-corrected chi connectivity index (χ3v) is 10.6. The van der Waals surface area contributed by atoms with Gasteiger partial charge in [-0.15, -0.1) is 0 Å². The Morgan fingerprint density at radius 1 is 1.07 bits per heavy atom. The molecule has 3 aliphatic heterocycles. The van der Waals surface area contributed by atoms with E-state index in [9.17, 15) is 4.57 Å². The summed E-state index contributed by atoms with van der Waals surface area (Å²) in [6.07, 6.45) is 3.85. The molecule has 2 aromatic carbocycles. The number of H-pyrrole nitrogens is 1. The molecule has 2 aromatic heterocycles.